The van der Waals surface area contributed by atoms with Crippen LogP contribution in [0.5, 0.6) is 5.75 Å². The van der Waals surface area contributed by atoms with Gasteiger partial charge in [0.25, 0.3) is 5.91 Å². The highest BCUT2D eigenvalue weighted by Gasteiger charge is 2.04. The quantitative estimate of drug-likeness (QED) is 0.889. The molecule has 0 saturated carbocycles. The van der Waals surface area contributed by atoms with Crippen LogP contribution in [-0.4, -0.2) is 12.5 Å². The van der Waals surface area contributed by atoms with Crippen molar-refractivity contribution < 1.29 is 9.53 Å². The van der Waals surface area contributed by atoms with Gasteiger partial charge in [-0.3, -0.25) is 4.79 Å². The average molecular weight is 324 g/mol. The normalized spacial score (nSPS) is 10.2. The minimum absolute atomic E-state index is 0.0893. The van der Waals surface area contributed by atoms with Crippen LogP contribution in [0.25, 0.3) is 0 Å². The molecule has 2 aromatic carbocycles. The fraction of sp³-hybridized carbons (Fsp3) is 0.188. The Bertz CT molecular complexity index is 627. The highest BCUT2D eigenvalue weighted by molar-refractivity contribution is 6.42. The molecule has 21 heavy (non-hydrogen) atoms. The summed E-state index contributed by atoms with van der Waals surface area (Å²) in [7, 11) is 0. The van der Waals surface area contributed by atoms with Gasteiger partial charge in [0.15, 0.2) is 0 Å². The SMILES string of the molecule is CCNC(=O)c1ccc(OCc2ccc(Cl)c(Cl)c2)cc1. The number of nitrogens with one attached hydrogen (secondary N) is 1. The summed E-state index contributed by atoms with van der Waals surface area (Å²) < 4.78 is 5.65. The summed E-state index contributed by atoms with van der Waals surface area (Å²) in [6.07, 6.45) is 0. The largest absolute Gasteiger partial charge is 0.489 e. The first-order valence-electron chi connectivity index (χ1n) is 6.55. The molecule has 0 unspecified atom stereocenters. The van der Waals surface area contributed by atoms with E-state index in [1.165, 1.54) is 0 Å². The Morgan fingerprint density at radius 3 is 2.43 bits per heavy atom. The Balaban J connectivity index is 1.97. The van der Waals surface area contributed by atoms with E-state index in [1.54, 1.807) is 36.4 Å². The molecule has 0 atom stereocenters. The van der Waals surface area contributed by atoms with Gasteiger partial charge in [-0.25, -0.2) is 0 Å². The number of carbonyl (C=O) groups is 1. The number of hydrogen-bond donors (Lipinski definition) is 1. The fourth-order valence-electron chi connectivity index (χ4n) is 1.76. The molecular formula is C16H15Cl2NO2. The first-order chi connectivity index (χ1) is 10.1. The standard InChI is InChI=1S/C16H15Cl2NO2/c1-2-19-16(20)12-4-6-13(7-5-12)21-10-11-3-8-14(17)15(18)9-11/h3-9H,2,10H2,1H3,(H,19,20). The number of benzene rings is 2. The average Bonchev–Trinajstić information content (AvgIpc) is 2.49. The zero-order valence-electron chi connectivity index (χ0n) is 11.5. The first-order valence-corrected chi connectivity index (χ1v) is 7.30. The molecule has 110 valence electrons. The molecule has 0 heterocycles. The van der Waals surface area contributed by atoms with Gasteiger partial charge in [0, 0.05) is 12.1 Å². The van der Waals surface area contributed by atoms with Crippen LogP contribution in [0.1, 0.15) is 22.8 Å². The van der Waals surface area contributed by atoms with Crippen molar-refractivity contribution in [2.45, 2.75) is 13.5 Å². The number of halogens is 2. The van der Waals surface area contributed by atoms with Crippen molar-refractivity contribution in [2.75, 3.05) is 6.54 Å². The van der Waals surface area contributed by atoms with Crippen LogP contribution >= 0.6 is 23.2 Å². The number of rotatable bonds is 5. The van der Waals surface area contributed by atoms with Crippen LogP contribution < -0.4 is 10.1 Å². The lowest BCUT2D eigenvalue weighted by Gasteiger charge is -2.08. The van der Waals surface area contributed by atoms with Crippen molar-refractivity contribution in [3.63, 3.8) is 0 Å². The molecule has 0 fully saturated rings. The maximum atomic E-state index is 11.6. The zero-order valence-corrected chi connectivity index (χ0v) is 13.0. The highest BCUT2D eigenvalue weighted by Crippen LogP contribution is 2.23. The summed E-state index contributed by atoms with van der Waals surface area (Å²) in [6, 6.07) is 12.4. The third-order valence-electron chi connectivity index (χ3n) is 2.84. The summed E-state index contributed by atoms with van der Waals surface area (Å²) >= 11 is 11.8. The maximum Gasteiger partial charge on any atom is 0.251 e. The van der Waals surface area contributed by atoms with Gasteiger partial charge in [-0.05, 0) is 48.9 Å². The van der Waals surface area contributed by atoms with Crippen molar-refractivity contribution in [3.8, 4) is 5.75 Å². The number of carbonyl (C=O) groups excluding carboxylic acids is 1. The van der Waals surface area contributed by atoms with Crippen molar-refractivity contribution in [1.82, 2.24) is 5.32 Å². The molecular weight excluding hydrogens is 309 g/mol. The number of ether oxygens (including phenoxy) is 1. The lowest BCUT2D eigenvalue weighted by molar-refractivity contribution is 0.0956. The van der Waals surface area contributed by atoms with Crippen LogP contribution in [0.3, 0.4) is 0 Å². The lowest BCUT2D eigenvalue weighted by Crippen LogP contribution is -2.22. The van der Waals surface area contributed by atoms with Gasteiger partial charge in [-0.2, -0.15) is 0 Å². The first kappa shape index (κ1) is 15.7. The summed E-state index contributed by atoms with van der Waals surface area (Å²) in [5.41, 5.74) is 1.54. The number of hydrogen-bond acceptors (Lipinski definition) is 2. The van der Waals surface area contributed by atoms with Crippen molar-refractivity contribution in [3.05, 3.63) is 63.6 Å². The predicted molar refractivity (Wildman–Crippen MR) is 85.2 cm³/mol. The summed E-state index contributed by atoms with van der Waals surface area (Å²) in [6.45, 7) is 2.87. The Labute approximate surface area is 133 Å². The van der Waals surface area contributed by atoms with Crippen molar-refractivity contribution in [2.24, 2.45) is 0 Å². The van der Waals surface area contributed by atoms with E-state index in [2.05, 4.69) is 5.32 Å². The van der Waals surface area contributed by atoms with Gasteiger partial charge in [0.1, 0.15) is 12.4 Å². The molecule has 0 aliphatic carbocycles. The minimum Gasteiger partial charge on any atom is -0.489 e. The molecule has 1 N–H and O–H groups in total. The van der Waals surface area contributed by atoms with Crippen LogP contribution in [-0.2, 0) is 6.61 Å². The summed E-state index contributed by atoms with van der Waals surface area (Å²) in [5, 5.41) is 3.77. The van der Waals surface area contributed by atoms with E-state index in [0.717, 1.165) is 5.56 Å². The van der Waals surface area contributed by atoms with Gasteiger partial charge < -0.3 is 10.1 Å². The maximum absolute atomic E-state index is 11.6. The van der Waals surface area contributed by atoms with E-state index in [1.807, 2.05) is 13.0 Å². The zero-order chi connectivity index (χ0) is 15.2. The van der Waals surface area contributed by atoms with Gasteiger partial charge in [-0.15, -0.1) is 0 Å². The molecule has 0 spiro atoms. The molecule has 2 rings (SSSR count). The number of amides is 1. The van der Waals surface area contributed by atoms with Gasteiger partial charge >= 0.3 is 0 Å². The van der Waals surface area contributed by atoms with E-state index >= 15 is 0 Å². The van der Waals surface area contributed by atoms with E-state index in [-0.39, 0.29) is 5.91 Å². The second-order valence-electron chi connectivity index (χ2n) is 4.42. The molecule has 1 amide bonds. The minimum atomic E-state index is -0.0893. The Morgan fingerprint density at radius 2 is 1.81 bits per heavy atom. The molecule has 0 aliphatic heterocycles. The predicted octanol–water partition coefficient (Wildman–Crippen LogP) is 4.32. The van der Waals surface area contributed by atoms with E-state index in [9.17, 15) is 4.79 Å². The van der Waals surface area contributed by atoms with Crippen molar-refractivity contribution >= 4 is 29.1 Å². The molecule has 5 heteroatoms. The summed E-state index contributed by atoms with van der Waals surface area (Å²) in [5.74, 6) is 0.600. The van der Waals surface area contributed by atoms with Gasteiger partial charge in [0.2, 0.25) is 0 Å². The summed E-state index contributed by atoms with van der Waals surface area (Å²) in [4.78, 5) is 11.6. The van der Waals surface area contributed by atoms with Crippen LogP contribution in [0.15, 0.2) is 42.5 Å². The Kier molecular flexibility index (Phi) is 5.48. The smallest absolute Gasteiger partial charge is 0.251 e. The molecule has 0 radical (unpaired) electrons. The molecule has 3 nitrogen and oxygen atoms in total. The van der Waals surface area contributed by atoms with Crippen LogP contribution in [0.4, 0.5) is 0 Å². The van der Waals surface area contributed by atoms with Gasteiger partial charge in [0.05, 0.1) is 10.0 Å². The second kappa shape index (κ2) is 7.34. The van der Waals surface area contributed by atoms with Crippen LogP contribution in [0.2, 0.25) is 10.0 Å². The Morgan fingerprint density at radius 1 is 1.10 bits per heavy atom. The molecule has 0 aliphatic rings. The topological polar surface area (TPSA) is 38.3 Å². The fourth-order valence-corrected chi connectivity index (χ4v) is 2.08. The van der Waals surface area contributed by atoms with Crippen molar-refractivity contribution in [1.29, 1.82) is 0 Å². The van der Waals surface area contributed by atoms with E-state index in [4.69, 9.17) is 27.9 Å². The third-order valence-corrected chi connectivity index (χ3v) is 3.58. The lowest BCUT2D eigenvalue weighted by atomic mass is 10.2. The molecule has 0 saturated heterocycles. The van der Waals surface area contributed by atoms with Crippen LogP contribution in [0, 0.1) is 0 Å². The molecule has 0 bridgehead atoms. The van der Waals surface area contributed by atoms with E-state index < -0.39 is 0 Å². The van der Waals surface area contributed by atoms with E-state index in [0.29, 0.717) is 34.5 Å². The highest BCUT2D eigenvalue weighted by atomic mass is 35.5. The second-order valence-corrected chi connectivity index (χ2v) is 5.24. The van der Waals surface area contributed by atoms with Gasteiger partial charge in [-0.1, -0.05) is 29.3 Å². The third kappa shape index (κ3) is 4.38. The Hall–Kier alpha value is -1.71. The molecule has 0 aromatic heterocycles. The monoisotopic (exact) mass is 323 g/mol. The molecule has 2 aromatic rings.